The van der Waals surface area contributed by atoms with E-state index < -0.39 is 55.3 Å². The summed E-state index contributed by atoms with van der Waals surface area (Å²) in [5, 5.41) is 0. The van der Waals surface area contributed by atoms with Gasteiger partial charge in [0.2, 0.25) is 0 Å². The Bertz CT molecular complexity index is 435. The molecule has 0 aliphatic carbocycles. The van der Waals surface area contributed by atoms with Gasteiger partial charge in [-0.3, -0.25) is 0 Å². The molecule has 0 N–H and O–H groups in total. The van der Waals surface area contributed by atoms with Crippen LogP contribution in [0.4, 0.5) is 61.5 Å². The van der Waals surface area contributed by atoms with Crippen molar-refractivity contribution < 1.29 is 61.5 Å². The summed E-state index contributed by atoms with van der Waals surface area (Å²) in [5.41, 5.74) is -7.99. The first kappa shape index (κ1) is 22.0. The number of hydrogen-bond donors (Lipinski definition) is 0. The average molecular weight is 380 g/mol. The Hall–Kier alpha value is -0.980. The van der Waals surface area contributed by atoms with Crippen molar-refractivity contribution >= 4 is 0 Å². The van der Waals surface area contributed by atoms with E-state index in [1.165, 1.54) is 0 Å². The maximum absolute atomic E-state index is 13.5. The molecule has 0 aromatic carbocycles. The number of halogens is 14. The molecule has 14 heteroatoms. The van der Waals surface area contributed by atoms with Crippen LogP contribution >= 0.6 is 0 Å². The highest BCUT2D eigenvalue weighted by Gasteiger charge is 2.94. The predicted molar refractivity (Wildman–Crippen MR) is 46.0 cm³/mol. The van der Waals surface area contributed by atoms with Crippen LogP contribution in [0.25, 0.3) is 0 Å². The van der Waals surface area contributed by atoms with Gasteiger partial charge in [-0.25, -0.2) is 13.2 Å². The van der Waals surface area contributed by atoms with Crippen molar-refractivity contribution in [3.05, 3.63) is 0 Å². The smallest absolute Gasteiger partial charge is 0.219 e. The van der Waals surface area contributed by atoms with Crippen LogP contribution in [-0.4, -0.2) is 41.5 Å². The molecule has 0 bridgehead atoms. The van der Waals surface area contributed by atoms with Crippen molar-refractivity contribution in [2.24, 2.45) is 0 Å². The molecule has 0 aliphatic rings. The van der Waals surface area contributed by atoms with E-state index in [-0.39, 0.29) is 0 Å². The van der Waals surface area contributed by atoms with Crippen LogP contribution in [0, 0.1) is 0 Å². The summed E-state index contributed by atoms with van der Waals surface area (Å²) in [6.45, 7) is -2.30. The third-order valence-electron chi connectivity index (χ3n) is 2.75. The van der Waals surface area contributed by atoms with Gasteiger partial charge >= 0.3 is 41.5 Å². The Morgan fingerprint density at radius 1 is 0.391 bits per heavy atom. The SMILES string of the molecule is CC(F)(F)C(F)(F)C(F)(F)C(F)(C(F)(F)F)C(F)(F)C(C)(F)F. The minimum Gasteiger partial charge on any atom is -0.219 e. The van der Waals surface area contributed by atoms with Crippen molar-refractivity contribution in [3.63, 3.8) is 0 Å². The highest BCUT2D eigenvalue weighted by Crippen LogP contribution is 2.64. The molecule has 0 amide bonds. The number of hydrogen-bond acceptors (Lipinski definition) is 0. The van der Waals surface area contributed by atoms with Crippen LogP contribution in [-0.2, 0) is 0 Å². The van der Waals surface area contributed by atoms with Gasteiger partial charge in [0.25, 0.3) is 0 Å². The van der Waals surface area contributed by atoms with Gasteiger partial charge in [-0.1, -0.05) is 0 Å². The first-order valence-electron chi connectivity index (χ1n) is 5.15. The van der Waals surface area contributed by atoms with Crippen LogP contribution in [0.3, 0.4) is 0 Å². The normalized spacial score (nSPS) is 18.8. The fourth-order valence-corrected chi connectivity index (χ4v) is 1.35. The van der Waals surface area contributed by atoms with E-state index in [9.17, 15) is 61.5 Å². The molecule has 1 atom stereocenters. The molecule has 140 valence electrons. The third-order valence-corrected chi connectivity index (χ3v) is 2.75. The lowest BCUT2D eigenvalue weighted by molar-refractivity contribution is -0.443. The van der Waals surface area contributed by atoms with Gasteiger partial charge in [0.05, 0.1) is 0 Å². The van der Waals surface area contributed by atoms with Gasteiger partial charge in [0.1, 0.15) is 0 Å². The van der Waals surface area contributed by atoms with E-state index in [0.29, 0.717) is 0 Å². The molecular weight excluding hydrogens is 374 g/mol. The molecule has 0 saturated heterocycles. The minimum absolute atomic E-state index is 1.13. The van der Waals surface area contributed by atoms with Gasteiger partial charge in [-0.15, -0.1) is 0 Å². The van der Waals surface area contributed by atoms with Gasteiger partial charge in [0, 0.05) is 13.8 Å². The maximum atomic E-state index is 13.5. The molecule has 0 saturated carbocycles. The highest BCUT2D eigenvalue weighted by molar-refractivity contribution is 5.18. The molecule has 23 heavy (non-hydrogen) atoms. The van der Waals surface area contributed by atoms with Gasteiger partial charge in [-0.2, -0.15) is 48.3 Å². The zero-order valence-electron chi connectivity index (χ0n) is 10.8. The van der Waals surface area contributed by atoms with E-state index in [2.05, 4.69) is 0 Å². The molecule has 1 unspecified atom stereocenters. The summed E-state index contributed by atoms with van der Waals surface area (Å²) in [4.78, 5) is 0. The topological polar surface area (TPSA) is 0 Å². The second kappa shape index (κ2) is 5.01. The molecular formula is C9H6F14. The van der Waals surface area contributed by atoms with Crippen molar-refractivity contribution in [3.8, 4) is 0 Å². The lowest BCUT2D eigenvalue weighted by Gasteiger charge is -2.45. The molecule has 0 aliphatic heterocycles. The van der Waals surface area contributed by atoms with Gasteiger partial charge in [0.15, 0.2) is 0 Å². The summed E-state index contributed by atoms with van der Waals surface area (Å²) < 4.78 is 178. The Balaban J connectivity index is 6.81. The predicted octanol–water partition coefficient (Wildman–Crippen LogP) is 5.47. The molecule has 0 rings (SSSR count). The summed E-state index contributed by atoms with van der Waals surface area (Å²) in [6.07, 6.45) is -7.76. The van der Waals surface area contributed by atoms with Crippen LogP contribution in [0.5, 0.6) is 0 Å². The standard InChI is InChI=1S/C9H6F14/c1-3(10,11)6(15,16)5(14,9(21,22)23)8(19,20)7(17,18)4(2,12)13/h1-2H3. The van der Waals surface area contributed by atoms with Crippen molar-refractivity contribution in [2.45, 2.75) is 55.3 Å². The summed E-state index contributed by atoms with van der Waals surface area (Å²) in [5.74, 6) is -35.2. The Morgan fingerprint density at radius 3 is 0.826 bits per heavy atom. The Kier molecular flexibility index (Phi) is 4.79. The van der Waals surface area contributed by atoms with Gasteiger partial charge in [-0.05, 0) is 0 Å². The molecule has 0 heterocycles. The van der Waals surface area contributed by atoms with Crippen LogP contribution in [0.15, 0.2) is 0 Å². The Morgan fingerprint density at radius 2 is 0.652 bits per heavy atom. The van der Waals surface area contributed by atoms with Crippen LogP contribution < -0.4 is 0 Å². The molecule has 0 aromatic heterocycles. The van der Waals surface area contributed by atoms with Crippen LogP contribution in [0.2, 0.25) is 0 Å². The lowest BCUT2D eigenvalue weighted by Crippen LogP contribution is -2.76. The Labute approximate surface area is 118 Å². The fourth-order valence-electron chi connectivity index (χ4n) is 1.35. The molecule has 0 radical (unpaired) electrons. The zero-order chi connectivity index (χ0) is 19.5. The lowest BCUT2D eigenvalue weighted by atomic mass is 9.81. The maximum Gasteiger partial charge on any atom is 0.435 e. The highest BCUT2D eigenvalue weighted by atomic mass is 19.4. The van der Waals surface area contributed by atoms with E-state index in [1.807, 2.05) is 0 Å². The van der Waals surface area contributed by atoms with Crippen molar-refractivity contribution in [2.75, 3.05) is 0 Å². The average Bonchev–Trinajstić information content (AvgIpc) is 2.22. The van der Waals surface area contributed by atoms with Crippen LogP contribution in [0.1, 0.15) is 13.8 Å². The summed E-state index contributed by atoms with van der Waals surface area (Å²) >= 11 is 0. The quantitative estimate of drug-likeness (QED) is 0.555. The number of rotatable bonds is 5. The first-order chi connectivity index (χ1) is 9.50. The number of alkyl halides is 14. The monoisotopic (exact) mass is 380 g/mol. The molecule has 0 fully saturated rings. The second-order valence-electron chi connectivity index (χ2n) is 4.66. The first-order valence-corrected chi connectivity index (χ1v) is 5.15. The van der Waals surface area contributed by atoms with E-state index >= 15 is 0 Å². The van der Waals surface area contributed by atoms with Gasteiger partial charge < -0.3 is 0 Å². The third kappa shape index (κ3) is 2.71. The van der Waals surface area contributed by atoms with Crippen molar-refractivity contribution in [1.29, 1.82) is 0 Å². The summed E-state index contributed by atoms with van der Waals surface area (Å²) in [6, 6.07) is 0. The fraction of sp³-hybridized carbons (Fsp3) is 1.00. The molecule has 0 spiro atoms. The van der Waals surface area contributed by atoms with Crippen molar-refractivity contribution in [1.82, 2.24) is 0 Å². The largest absolute Gasteiger partial charge is 0.435 e. The van der Waals surface area contributed by atoms with E-state index in [4.69, 9.17) is 0 Å². The molecule has 0 aromatic rings. The summed E-state index contributed by atoms with van der Waals surface area (Å²) in [7, 11) is 0. The molecule has 0 nitrogen and oxygen atoms in total. The van der Waals surface area contributed by atoms with E-state index in [1.54, 1.807) is 0 Å². The second-order valence-corrected chi connectivity index (χ2v) is 4.66. The zero-order valence-corrected chi connectivity index (χ0v) is 10.8. The van der Waals surface area contributed by atoms with E-state index in [0.717, 1.165) is 0 Å². The minimum atomic E-state index is -7.99.